The highest BCUT2D eigenvalue weighted by Crippen LogP contribution is 2.15. The largest absolute Gasteiger partial charge is 0.368 e. The van der Waals surface area contributed by atoms with Crippen molar-refractivity contribution in [2.75, 3.05) is 31.1 Å². The van der Waals surface area contributed by atoms with Gasteiger partial charge in [0.1, 0.15) is 5.54 Å². The Morgan fingerprint density at radius 2 is 2.00 bits per heavy atom. The number of carbonyl (C=O) groups is 2. The minimum absolute atomic E-state index is 0.171. The second-order valence-electron chi connectivity index (χ2n) is 5.20. The van der Waals surface area contributed by atoms with Crippen LogP contribution in [0.2, 0.25) is 0 Å². The maximum Gasteiger partial charge on any atom is 0.238 e. The van der Waals surface area contributed by atoms with Crippen LogP contribution < -0.4 is 11.1 Å². The van der Waals surface area contributed by atoms with Crippen LogP contribution in [0, 0.1) is 0 Å². The first kappa shape index (κ1) is 16.3. The van der Waals surface area contributed by atoms with Crippen molar-refractivity contribution in [2.45, 2.75) is 38.6 Å². The normalized spacial score (nSPS) is 18.3. The molecule has 1 heterocycles. The monoisotopic (exact) mass is 287 g/mol. The summed E-state index contributed by atoms with van der Waals surface area (Å²) in [6, 6.07) is 0. The predicted molar refractivity (Wildman–Crippen MR) is 79.0 cm³/mol. The van der Waals surface area contributed by atoms with Gasteiger partial charge in [-0.05, 0) is 32.7 Å². The van der Waals surface area contributed by atoms with Gasteiger partial charge in [-0.15, -0.1) is 11.8 Å². The van der Waals surface area contributed by atoms with E-state index < -0.39 is 5.54 Å². The van der Waals surface area contributed by atoms with Crippen LogP contribution in [0.25, 0.3) is 0 Å². The van der Waals surface area contributed by atoms with Crippen LogP contribution in [0.5, 0.6) is 0 Å². The number of primary amides is 1. The molecule has 1 unspecified atom stereocenters. The molecule has 19 heavy (non-hydrogen) atoms. The van der Waals surface area contributed by atoms with Crippen LogP contribution in [0.3, 0.4) is 0 Å². The first-order valence-electron chi connectivity index (χ1n) is 6.90. The number of thioether (sulfide) groups is 1. The molecule has 6 heteroatoms. The topological polar surface area (TPSA) is 75.4 Å². The van der Waals surface area contributed by atoms with E-state index in [4.69, 9.17) is 5.73 Å². The third-order valence-electron chi connectivity index (χ3n) is 3.38. The zero-order valence-electron chi connectivity index (χ0n) is 11.9. The van der Waals surface area contributed by atoms with Gasteiger partial charge in [0.05, 0.1) is 5.75 Å². The standard InChI is InChI=1S/C13H25N3O2S/c1-3-6-15-13(2,12(14)18)10-19-9-11(17)16-7-4-5-8-16/h15H,3-10H2,1-2H3,(H2,14,18). The first-order chi connectivity index (χ1) is 8.99. The second kappa shape index (κ2) is 7.75. The Hall–Kier alpha value is -0.750. The zero-order valence-corrected chi connectivity index (χ0v) is 12.7. The SMILES string of the molecule is CCCNC(C)(CSCC(=O)N1CCCC1)C(N)=O. The first-order valence-corrected chi connectivity index (χ1v) is 8.05. The number of amides is 2. The summed E-state index contributed by atoms with van der Waals surface area (Å²) in [5, 5.41) is 3.17. The van der Waals surface area contributed by atoms with Crippen molar-refractivity contribution in [3.8, 4) is 0 Å². The minimum atomic E-state index is -0.730. The smallest absolute Gasteiger partial charge is 0.238 e. The van der Waals surface area contributed by atoms with Gasteiger partial charge >= 0.3 is 0 Å². The van der Waals surface area contributed by atoms with Gasteiger partial charge in [-0.3, -0.25) is 9.59 Å². The van der Waals surface area contributed by atoms with E-state index in [0.29, 0.717) is 11.5 Å². The van der Waals surface area contributed by atoms with Gasteiger partial charge in [0.2, 0.25) is 11.8 Å². The molecule has 3 N–H and O–H groups in total. The van der Waals surface area contributed by atoms with Crippen molar-refractivity contribution in [3.63, 3.8) is 0 Å². The summed E-state index contributed by atoms with van der Waals surface area (Å²) >= 11 is 1.48. The second-order valence-corrected chi connectivity index (χ2v) is 6.19. The van der Waals surface area contributed by atoms with Crippen LogP contribution in [0.1, 0.15) is 33.1 Å². The molecule has 1 aliphatic heterocycles. The highest BCUT2D eigenvalue weighted by Gasteiger charge is 2.30. The molecule has 1 rings (SSSR count). The molecule has 110 valence electrons. The summed E-state index contributed by atoms with van der Waals surface area (Å²) in [4.78, 5) is 25.3. The summed E-state index contributed by atoms with van der Waals surface area (Å²) < 4.78 is 0. The fourth-order valence-corrected chi connectivity index (χ4v) is 3.12. The summed E-state index contributed by atoms with van der Waals surface area (Å²) in [5.74, 6) is 0.769. The van der Waals surface area contributed by atoms with Gasteiger partial charge in [-0.1, -0.05) is 6.92 Å². The summed E-state index contributed by atoms with van der Waals surface area (Å²) in [5.41, 5.74) is 4.71. The number of hydrogen-bond acceptors (Lipinski definition) is 4. The van der Waals surface area contributed by atoms with E-state index in [-0.39, 0.29) is 11.8 Å². The Balaban J connectivity index is 2.35. The molecule has 1 atom stereocenters. The molecule has 0 aromatic rings. The average molecular weight is 287 g/mol. The maximum atomic E-state index is 11.9. The van der Waals surface area contributed by atoms with Gasteiger partial charge in [-0.25, -0.2) is 0 Å². The number of nitrogens with zero attached hydrogens (tertiary/aromatic N) is 1. The van der Waals surface area contributed by atoms with Gasteiger partial charge in [0.15, 0.2) is 0 Å². The molecule has 0 bridgehead atoms. The van der Waals surface area contributed by atoms with E-state index in [1.54, 1.807) is 6.92 Å². The molecule has 1 fully saturated rings. The molecule has 1 saturated heterocycles. The Morgan fingerprint density at radius 1 is 1.37 bits per heavy atom. The van der Waals surface area contributed by atoms with Crippen LogP contribution in [-0.2, 0) is 9.59 Å². The number of nitrogens with one attached hydrogen (secondary N) is 1. The number of rotatable bonds is 8. The molecule has 5 nitrogen and oxygen atoms in total. The molecule has 0 radical (unpaired) electrons. The van der Waals surface area contributed by atoms with E-state index in [0.717, 1.165) is 38.9 Å². The molecule has 0 aromatic carbocycles. The molecule has 2 amide bonds. The zero-order chi connectivity index (χ0) is 14.3. The number of nitrogens with two attached hydrogens (primary N) is 1. The van der Waals surface area contributed by atoms with Gasteiger partial charge in [-0.2, -0.15) is 0 Å². The van der Waals surface area contributed by atoms with Crippen LogP contribution in [0.4, 0.5) is 0 Å². The lowest BCUT2D eigenvalue weighted by atomic mass is 10.1. The van der Waals surface area contributed by atoms with Crippen LogP contribution in [-0.4, -0.2) is 53.4 Å². The van der Waals surface area contributed by atoms with Gasteiger partial charge in [0.25, 0.3) is 0 Å². The highest BCUT2D eigenvalue weighted by molar-refractivity contribution is 8.00. The molecule has 1 aliphatic rings. The fourth-order valence-electron chi connectivity index (χ4n) is 2.01. The van der Waals surface area contributed by atoms with E-state index >= 15 is 0 Å². The lowest BCUT2D eigenvalue weighted by Crippen LogP contribution is -2.55. The quantitative estimate of drug-likeness (QED) is 0.685. The maximum absolute atomic E-state index is 11.9. The average Bonchev–Trinajstić information content (AvgIpc) is 2.90. The Bertz CT molecular complexity index is 319. The molecular weight excluding hydrogens is 262 g/mol. The van der Waals surface area contributed by atoms with E-state index in [1.165, 1.54) is 11.8 Å². The van der Waals surface area contributed by atoms with Crippen molar-refractivity contribution in [3.05, 3.63) is 0 Å². The minimum Gasteiger partial charge on any atom is -0.368 e. The summed E-state index contributed by atoms with van der Waals surface area (Å²) in [7, 11) is 0. The number of carbonyl (C=O) groups excluding carboxylic acids is 2. The number of likely N-dealkylation sites (tertiary alicyclic amines) is 1. The van der Waals surface area contributed by atoms with Crippen molar-refractivity contribution in [1.82, 2.24) is 10.2 Å². The lowest BCUT2D eigenvalue weighted by Gasteiger charge is -2.27. The van der Waals surface area contributed by atoms with E-state index in [9.17, 15) is 9.59 Å². The van der Waals surface area contributed by atoms with Gasteiger partial charge in [0, 0.05) is 18.8 Å². The number of hydrogen-bond donors (Lipinski definition) is 2. The Kier molecular flexibility index (Phi) is 6.65. The summed E-state index contributed by atoms with van der Waals surface area (Å²) in [6.45, 7) is 6.35. The highest BCUT2D eigenvalue weighted by atomic mass is 32.2. The van der Waals surface area contributed by atoms with E-state index in [1.807, 2.05) is 11.8 Å². The fraction of sp³-hybridized carbons (Fsp3) is 0.846. The van der Waals surface area contributed by atoms with Crippen molar-refractivity contribution in [1.29, 1.82) is 0 Å². The molecule has 0 spiro atoms. The van der Waals surface area contributed by atoms with Crippen molar-refractivity contribution >= 4 is 23.6 Å². The third-order valence-corrected chi connectivity index (χ3v) is 4.62. The molecule has 0 saturated carbocycles. The molecule has 0 aromatic heterocycles. The van der Waals surface area contributed by atoms with Crippen molar-refractivity contribution in [2.24, 2.45) is 5.73 Å². The Morgan fingerprint density at radius 3 is 2.53 bits per heavy atom. The van der Waals surface area contributed by atoms with Crippen LogP contribution >= 0.6 is 11.8 Å². The van der Waals surface area contributed by atoms with Crippen molar-refractivity contribution < 1.29 is 9.59 Å². The Labute approximate surface area is 119 Å². The summed E-state index contributed by atoms with van der Waals surface area (Å²) in [6.07, 6.45) is 3.15. The van der Waals surface area contributed by atoms with Gasteiger partial charge < -0.3 is 16.0 Å². The molecule has 0 aliphatic carbocycles. The van der Waals surface area contributed by atoms with E-state index in [2.05, 4.69) is 5.32 Å². The molecular formula is C13H25N3O2S. The predicted octanol–water partition coefficient (Wildman–Crippen LogP) is 0.586. The third kappa shape index (κ3) is 5.03. The lowest BCUT2D eigenvalue weighted by molar-refractivity contribution is -0.127. The van der Waals surface area contributed by atoms with Crippen LogP contribution in [0.15, 0.2) is 0 Å².